The maximum atomic E-state index is 13.3. The van der Waals surface area contributed by atoms with Gasteiger partial charge < -0.3 is 35.2 Å². The average Bonchev–Trinajstić information content (AvgIpc) is 2.98. The number of ether oxygens (including phenoxy) is 2. The summed E-state index contributed by atoms with van der Waals surface area (Å²) in [5.74, 6) is -7.14. The second kappa shape index (κ2) is 21.3. The molecule has 1 unspecified atom stereocenters. The molecule has 0 fully saturated rings. The molecule has 11 heteroatoms. The van der Waals surface area contributed by atoms with E-state index in [0.717, 1.165) is 45.6 Å². The molecular weight excluding hydrogens is 570 g/mol. The van der Waals surface area contributed by atoms with Crippen molar-refractivity contribution in [2.45, 2.75) is 115 Å². The summed E-state index contributed by atoms with van der Waals surface area (Å²) in [5.41, 5.74) is -2.40. The van der Waals surface area contributed by atoms with Gasteiger partial charge in [0.2, 0.25) is 5.91 Å². The lowest BCUT2D eigenvalue weighted by atomic mass is 9.82. The van der Waals surface area contributed by atoms with E-state index in [1.807, 2.05) is 0 Å². The van der Waals surface area contributed by atoms with Crippen molar-refractivity contribution in [3.05, 3.63) is 42.0 Å². The normalized spacial score (nSPS) is 14.8. The number of aromatic hydroxyl groups is 1. The number of benzene rings is 1. The molecule has 0 saturated carbocycles. The molecule has 4 atom stereocenters. The number of carbonyl (C=O) groups excluding carboxylic acids is 2. The highest BCUT2D eigenvalue weighted by molar-refractivity contribution is 5.94. The number of rotatable bonds is 24. The summed E-state index contributed by atoms with van der Waals surface area (Å²) in [4.78, 5) is 49.3. The molecule has 0 aromatic heterocycles. The van der Waals surface area contributed by atoms with Gasteiger partial charge in [0.25, 0.3) is 0 Å². The molecule has 0 saturated heterocycles. The minimum absolute atomic E-state index is 0.00475. The standard InChI is InChI=1S/C33H51NO10/c1-4-5-6-9-12-15-26(43-2)16-13-10-7-8-11-14-17-27(33(42,32(40)41)23-29(36)37)30(38)34-28(31(39)44-3)22-24-18-20-25(35)21-19-24/h14,17-21,26-28,35,42H,4-13,15-16,22-23H2,1-3H3,(H,34,38)(H,36,37)(H,40,41)/b17-14+/t26?,27-,28+,33+/m1/s1. The number of nitrogens with one attached hydrogen (secondary N) is 1. The number of carboxylic acids is 2. The molecule has 0 spiro atoms. The van der Waals surface area contributed by atoms with Crippen LogP contribution in [0.3, 0.4) is 0 Å². The predicted octanol–water partition coefficient (Wildman–Crippen LogP) is 4.77. The van der Waals surface area contributed by atoms with Gasteiger partial charge in [-0.3, -0.25) is 9.59 Å². The molecule has 1 aromatic rings. The topological polar surface area (TPSA) is 180 Å². The highest BCUT2D eigenvalue weighted by Crippen LogP contribution is 2.26. The smallest absolute Gasteiger partial charge is 0.337 e. The minimum Gasteiger partial charge on any atom is -0.508 e. The number of aliphatic carboxylic acids is 2. The Balaban J connectivity index is 2.84. The molecule has 1 aromatic carbocycles. The molecule has 0 aliphatic heterocycles. The van der Waals surface area contributed by atoms with E-state index >= 15 is 0 Å². The van der Waals surface area contributed by atoms with Gasteiger partial charge in [0.1, 0.15) is 11.8 Å². The lowest BCUT2D eigenvalue weighted by molar-refractivity contribution is -0.172. The number of aliphatic hydroxyl groups is 1. The highest BCUT2D eigenvalue weighted by atomic mass is 16.5. The molecule has 0 aliphatic carbocycles. The Kier molecular flexibility index (Phi) is 18.7. The fraction of sp³-hybridized carbons (Fsp3) is 0.636. The van der Waals surface area contributed by atoms with E-state index in [1.54, 1.807) is 13.2 Å². The third-order valence-corrected chi connectivity index (χ3v) is 7.70. The number of esters is 1. The number of allylic oxidation sites excluding steroid dienone is 1. The quantitative estimate of drug-likeness (QED) is 0.0613. The summed E-state index contributed by atoms with van der Waals surface area (Å²) in [6.07, 6.45) is 14.0. The Bertz CT molecular complexity index is 1040. The van der Waals surface area contributed by atoms with Crippen LogP contribution < -0.4 is 5.32 Å². The van der Waals surface area contributed by atoms with E-state index < -0.39 is 47.8 Å². The van der Waals surface area contributed by atoms with Crippen LogP contribution in [0.25, 0.3) is 0 Å². The summed E-state index contributed by atoms with van der Waals surface area (Å²) in [7, 11) is 2.87. The third kappa shape index (κ3) is 14.4. The van der Waals surface area contributed by atoms with Crippen LogP contribution in [0.5, 0.6) is 5.75 Å². The summed E-state index contributed by atoms with van der Waals surface area (Å²) < 4.78 is 10.4. The van der Waals surface area contributed by atoms with Crippen molar-refractivity contribution in [3.63, 3.8) is 0 Å². The first-order valence-electron chi connectivity index (χ1n) is 15.5. The molecule has 0 heterocycles. The van der Waals surface area contributed by atoms with Crippen molar-refractivity contribution < 1.29 is 49.1 Å². The van der Waals surface area contributed by atoms with E-state index in [4.69, 9.17) is 9.47 Å². The zero-order valence-electron chi connectivity index (χ0n) is 26.3. The van der Waals surface area contributed by atoms with Gasteiger partial charge in [0.05, 0.1) is 25.6 Å². The number of carboxylic acid groups (broad SMARTS) is 2. The summed E-state index contributed by atoms with van der Waals surface area (Å²) >= 11 is 0. The van der Waals surface area contributed by atoms with Gasteiger partial charge in [-0.25, -0.2) is 9.59 Å². The van der Waals surface area contributed by atoms with Crippen molar-refractivity contribution >= 4 is 23.8 Å². The second-order valence-corrected chi connectivity index (χ2v) is 11.2. The molecule has 11 nitrogen and oxygen atoms in total. The van der Waals surface area contributed by atoms with Gasteiger partial charge in [0.15, 0.2) is 5.60 Å². The van der Waals surface area contributed by atoms with Crippen LogP contribution in [0, 0.1) is 5.92 Å². The molecule has 248 valence electrons. The van der Waals surface area contributed by atoms with Crippen molar-refractivity contribution in [1.29, 1.82) is 0 Å². The zero-order chi connectivity index (χ0) is 33.0. The summed E-state index contributed by atoms with van der Waals surface area (Å²) in [6, 6.07) is 4.62. The molecule has 5 N–H and O–H groups in total. The van der Waals surface area contributed by atoms with E-state index in [-0.39, 0.29) is 18.3 Å². The lowest BCUT2D eigenvalue weighted by Crippen LogP contribution is -2.55. The van der Waals surface area contributed by atoms with E-state index in [0.29, 0.717) is 12.0 Å². The fourth-order valence-electron chi connectivity index (χ4n) is 5.05. The Morgan fingerprint density at radius 1 is 0.909 bits per heavy atom. The largest absolute Gasteiger partial charge is 0.508 e. The molecule has 0 radical (unpaired) electrons. The number of phenols is 1. The molecule has 1 rings (SSSR count). The first-order valence-corrected chi connectivity index (χ1v) is 15.5. The lowest BCUT2D eigenvalue weighted by Gasteiger charge is -2.29. The molecular formula is C33H51NO10. The molecule has 0 bridgehead atoms. The maximum Gasteiger partial charge on any atom is 0.337 e. The van der Waals surface area contributed by atoms with Crippen LogP contribution in [-0.2, 0) is 35.1 Å². The van der Waals surface area contributed by atoms with Gasteiger partial charge >= 0.3 is 17.9 Å². The van der Waals surface area contributed by atoms with Gasteiger partial charge in [-0.1, -0.05) is 82.6 Å². The number of carbonyl (C=O) groups is 4. The summed E-state index contributed by atoms with van der Waals surface area (Å²) in [5, 5.41) is 41.9. The number of methoxy groups -OCH3 is 2. The highest BCUT2D eigenvalue weighted by Gasteiger charge is 2.49. The zero-order valence-corrected chi connectivity index (χ0v) is 26.3. The second-order valence-electron chi connectivity index (χ2n) is 11.2. The predicted molar refractivity (Wildman–Crippen MR) is 165 cm³/mol. The Morgan fingerprint density at radius 3 is 2.02 bits per heavy atom. The number of hydrogen-bond donors (Lipinski definition) is 5. The van der Waals surface area contributed by atoms with Crippen LogP contribution in [0.2, 0.25) is 0 Å². The fourth-order valence-corrected chi connectivity index (χ4v) is 5.05. The number of phenolic OH excluding ortho intramolecular Hbond substituents is 1. The van der Waals surface area contributed by atoms with Crippen molar-refractivity contribution in [3.8, 4) is 5.75 Å². The number of hydrogen-bond acceptors (Lipinski definition) is 8. The van der Waals surface area contributed by atoms with Crippen molar-refractivity contribution in [1.82, 2.24) is 5.32 Å². The Hall–Kier alpha value is -3.44. The first kappa shape index (κ1) is 38.6. The first-order chi connectivity index (χ1) is 21.0. The van der Waals surface area contributed by atoms with Crippen LogP contribution in [-0.4, -0.2) is 76.2 Å². The Labute approximate surface area is 260 Å². The third-order valence-electron chi connectivity index (χ3n) is 7.70. The van der Waals surface area contributed by atoms with Crippen LogP contribution >= 0.6 is 0 Å². The maximum absolute atomic E-state index is 13.3. The van der Waals surface area contributed by atoms with Gasteiger partial charge in [-0.15, -0.1) is 0 Å². The van der Waals surface area contributed by atoms with E-state index in [1.165, 1.54) is 62.4 Å². The summed E-state index contributed by atoms with van der Waals surface area (Å²) in [6.45, 7) is 2.20. The van der Waals surface area contributed by atoms with Gasteiger partial charge in [-0.05, 0) is 43.4 Å². The van der Waals surface area contributed by atoms with Crippen molar-refractivity contribution in [2.24, 2.45) is 5.92 Å². The monoisotopic (exact) mass is 621 g/mol. The van der Waals surface area contributed by atoms with Crippen molar-refractivity contribution in [2.75, 3.05) is 14.2 Å². The van der Waals surface area contributed by atoms with Crippen LogP contribution in [0.15, 0.2) is 36.4 Å². The number of amides is 1. The SMILES string of the molecule is CCCCCCCC(CCCCCC/C=C/[C@H](C(=O)N[C@@H](Cc1ccc(O)cc1)C(=O)OC)[C@@](O)(CC(=O)O)C(=O)O)OC. The van der Waals surface area contributed by atoms with Crippen LogP contribution in [0.4, 0.5) is 0 Å². The van der Waals surface area contributed by atoms with Crippen LogP contribution in [0.1, 0.15) is 96.0 Å². The molecule has 0 aliphatic rings. The Morgan fingerprint density at radius 2 is 1.50 bits per heavy atom. The van der Waals surface area contributed by atoms with E-state index in [2.05, 4.69) is 12.2 Å². The number of unbranched alkanes of at least 4 members (excludes halogenated alkanes) is 8. The molecule has 44 heavy (non-hydrogen) atoms. The van der Waals surface area contributed by atoms with Gasteiger partial charge in [0, 0.05) is 13.5 Å². The molecule has 1 amide bonds. The average molecular weight is 622 g/mol. The van der Waals surface area contributed by atoms with Gasteiger partial charge in [-0.2, -0.15) is 0 Å². The van der Waals surface area contributed by atoms with E-state index in [9.17, 15) is 39.6 Å². The minimum atomic E-state index is -2.96.